The number of nitrogen functional groups attached to an aromatic ring is 1. The molecule has 154 valence electrons. The van der Waals surface area contributed by atoms with Crippen molar-refractivity contribution in [2.45, 2.75) is 72.2 Å². The van der Waals surface area contributed by atoms with Gasteiger partial charge in [0.2, 0.25) is 0 Å². The van der Waals surface area contributed by atoms with Gasteiger partial charge in [-0.3, -0.25) is 0 Å². The molecule has 0 aliphatic carbocycles. The van der Waals surface area contributed by atoms with Gasteiger partial charge in [0, 0.05) is 6.54 Å². The Labute approximate surface area is 168 Å². The van der Waals surface area contributed by atoms with E-state index in [-0.39, 0.29) is 6.54 Å². The quantitative estimate of drug-likeness (QED) is 0.765. The average Bonchev–Trinajstić information content (AvgIpc) is 2.68. The molecule has 0 radical (unpaired) electrons. The van der Waals surface area contributed by atoms with Gasteiger partial charge in [-0.25, -0.2) is 9.78 Å². The molecular weight excluding hydrogens is 357 g/mol. The van der Waals surface area contributed by atoms with Crippen LogP contribution in [0.5, 0.6) is 0 Å². The van der Waals surface area contributed by atoms with Crippen molar-refractivity contribution >= 4 is 25.1 Å². The maximum atomic E-state index is 12.1. The lowest BCUT2D eigenvalue weighted by Crippen LogP contribution is -2.41. The highest BCUT2D eigenvalue weighted by Gasteiger charge is 2.52. The van der Waals surface area contributed by atoms with Crippen LogP contribution in [0, 0.1) is 6.92 Å². The zero-order valence-corrected chi connectivity index (χ0v) is 18.2. The largest absolute Gasteiger partial charge is 0.492 e. The summed E-state index contributed by atoms with van der Waals surface area (Å²) >= 11 is 0. The molecular formula is C20H32BN3O4. The fourth-order valence-corrected chi connectivity index (χ4v) is 2.67. The second kappa shape index (κ2) is 7.76. The molecule has 1 aliphatic rings. The summed E-state index contributed by atoms with van der Waals surface area (Å²) in [6, 6.07) is 3.71. The number of pyridine rings is 1. The van der Waals surface area contributed by atoms with Gasteiger partial charge in [0.15, 0.2) is 0 Å². The molecule has 0 aromatic carbocycles. The first-order valence-electron chi connectivity index (χ1n) is 9.46. The maximum Gasteiger partial charge on any atom is 0.492 e. The van der Waals surface area contributed by atoms with Crippen LogP contribution in [0.25, 0.3) is 6.08 Å². The fraction of sp³-hybridized carbons (Fsp3) is 0.600. The number of aryl methyl sites for hydroxylation is 1. The minimum atomic E-state index is -0.622. The SMILES string of the molecule is Cc1cc(N)nc(C=C(CNC(=O)OC(C)(C)C)B2OC(C)(C)C(C)(C)O2)c1. The van der Waals surface area contributed by atoms with Crippen LogP contribution in [-0.4, -0.2) is 41.5 Å². The van der Waals surface area contributed by atoms with Crippen molar-refractivity contribution in [2.24, 2.45) is 0 Å². The number of carbonyl (C=O) groups excluding carboxylic acids is 1. The normalized spacial score (nSPS) is 18.9. The zero-order valence-electron chi connectivity index (χ0n) is 18.2. The van der Waals surface area contributed by atoms with Crippen LogP contribution < -0.4 is 11.1 Å². The number of nitrogens with zero attached hydrogens (tertiary/aromatic N) is 1. The van der Waals surface area contributed by atoms with E-state index in [9.17, 15) is 4.79 Å². The first-order valence-corrected chi connectivity index (χ1v) is 9.46. The van der Waals surface area contributed by atoms with Gasteiger partial charge in [0.05, 0.1) is 16.9 Å². The van der Waals surface area contributed by atoms with Gasteiger partial charge < -0.3 is 25.1 Å². The molecule has 3 N–H and O–H groups in total. The van der Waals surface area contributed by atoms with Gasteiger partial charge in [-0.05, 0) is 84.6 Å². The Morgan fingerprint density at radius 2 is 1.82 bits per heavy atom. The van der Waals surface area contributed by atoms with Crippen LogP contribution in [0.1, 0.15) is 59.7 Å². The van der Waals surface area contributed by atoms with Crippen LogP contribution in [0.2, 0.25) is 0 Å². The van der Waals surface area contributed by atoms with Crippen molar-refractivity contribution in [1.82, 2.24) is 10.3 Å². The molecule has 28 heavy (non-hydrogen) atoms. The van der Waals surface area contributed by atoms with Crippen molar-refractivity contribution in [3.05, 3.63) is 28.9 Å². The highest BCUT2D eigenvalue weighted by atomic mass is 16.7. The van der Waals surface area contributed by atoms with E-state index in [2.05, 4.69) is 10.3 Å². The number of ether oxygens (including phenoxy) is 1. The average molecular weight is 389 g/mol. The Balaban J connectivity index is 2.28. The van der Waals surface area contributed by atoms with Crippen LogP contribution in [0.15, 0.2) is 17.6 Å². The Kier molecular flexibility index (Phi) is 6.16. The van der Waals surface area contributed by atoms with Crippen molar-refractivity contribution in [3.8, 4) is 0 Å². The minimum absolute atomic E-state index is 0.196. The van der Waals surface area contributed by atoms with Gasteiger partial charge in [-0.1, -0.05) is 0 Å². The number of alkyl carbamates (subject to hydrolysis) is 1. The lowest BCUT2D eigenvalue weighted by molar-refractivity contribution is 0.00578. The Morgan fingerprint density at radius 1 is 1.25 bits per heavy atom. The molecule has 8 heteroatoms. The predicted molar refractivity (Wildman–Crippen MR) is 112 cm³/mol. The van der Waals surface area contributed by atoms with Gasteiger partial charge in [0.25, 0.3) is 0 Å². The second-order valence-electron chi connectivity index (χ2n) is 9.16. The van der Waals surface area contributed by atoms with Crippen LogP contribution in [0.4, 0.5) is 10.6 Å². The van der Waals surface area contributed by atoms with E-state index in [1.807, 2.05) is 67.5 Å². The van der Waals surface area contributed by atoms with E-state index < -0.39 is 30.0 Å². The molecule has 7 nitrogen and oxygen atoms in total. The monoisotopic (exact) mass is 389 g/mol. The summed E-state index contributed by atoms with van der Waals surface area (Å²) in [7, 11) is -0.622. The van der Waals surface area contributed by atoms with E-state index in [0.717, 1.165) is 11.0 Å². The smallest absolute Gasteiger partial charge is 0.444 e. The summed E-state index contributed by atoms with van der Waals surface area (Å²) in [5.74, 6) is 0.430. The third-order valence-corrected chi connectivity index (χ3v) is 4.73. The summed E-state index contributed by atoms with van der Waals surface area (Å²) in [6.07, 6.45) is 1.33. The summed E-state index contributed by atoms with van der Waals surface area (Å²) in [6.45, 7) is 15.5. The summed E-state index contributed by atoms with van der Waals surface area (Å²) < 4.78 is 17.6. The van der Waals surface area contributed by atoms with Crippen LogP contribution in [-0.2, 0) is 14.0 Å². The molecule has 0 saturated carbocycles. The molecule has 1 aliphatic heterocycles. The van der Waals surface area contributed by atoms with Crippen molar-refractivity contribution in [1.29, 1.82) is 0 Å². The molecule has 1 fully saturated rings. The van der Waals surface area contributed by atoms with E-state index in [0.29, 0.717) is 11.5 Å². The molecule has 0 atom stereocenters. The van der Waals surface area contributed by atoms with E-state index in [1.165, 1.54) is 0 Å². The molecule has 2 rings (SSSR count). The van der Waals surface area contributed by atoms with Crippen LogP contribution in [0.3, 0.4) is 0 Å². The lowest BCUT2D eigenvalue weighted by Gasteiger charge is -2.32. The van der Waals surface area contributed by atoms with Gasteiger partial charge in [0.1, 0.15) is 11.4 Å². The molecule has 1 aromatic rings. The molecule has 0 bridgehead atoms. The number of hydrogen-bond donors (Lipinski definition) is 2. The van der Waals surface area contributed by atoms with Gasteiger partial charge in [-0.2, -0.15) is 0 Å². The number of rotatable bonds is 4. The third-order valence-electron chi connectivity index (χ3n) is 4.73. The number of nitrogens with one attached hydrogen (secondary N) is 1. The predicted octanol–water partition coefficient (Wildman–Crippen LogP) is 3.51. The zero-order chi connectivity index (χ0) is 21.3. The number of carbonyl (C=O) groups is 1. The fourth-order valence-electron chi connectivity index (χ4n) is 2.67. The Bertz CT molecular complexity index is 733. The molecule has 1 aromatic heterocycles. The van der Waals surface area contributed by atoms with E-state index >= 15 is 0 Å². The molecule has 1 amide bonds. The topological polar surface area (TPSA) is 95.7 Å². The molecule has 0 spiro atoms. The molecule has 0 unspecified atom stereocenters. The highest BCUT2D eigenvalue weighted by Crippen LogP contribution is 2.38. The Morgan fingerprint density at radius 3 is 2.32 bits per heavy atom. The number of aromatic nitrogens is 1. The lowest BCUT2D eigenvalue weighted by atomic mass is 9.77. The minimum Gasteiger partial charge on any atom is -0.444 e. The number of anilines is 1. The first-order chi connectivity index (χ1) is 12.7. The summed E-state index contributed by atoms with van der Waals surface area (Å²) in [4.78, 5) is 16.5. The number of amides is 1. The summed E-state index contributed by atoms with van der Waals surface area (Å²) in [5.41, 5.74) is 6.69. The standard InChI is InChI=1S/C20H32BN3O4/c1-13-9-15(24-16(22)10-13)11-14(12-23-17(25)26-18(2,3)4)21-27-19(5,6)20(7,8)28-21/h9-11H,12H2,1-8H3,(H2,22,24)(H,23,25). The van der Waals surface area contributed by atoms with Gasteiger partial charge >= 0.3 is 13.2 Å². The third kappa shape index (κ3) is 5.72. The summed E-state index contributed by atoms with van der Waals surface area (Å²) in [5, 5.41) is 2.77. The Hall–Kier alpha value is -2.06. The van der Waals surface area contributed by atoms with E-state index in [4.69, 9.17) is 19.8 Å². The van der Waals surface area contributed by atoms with E-state index in [1.54, 1.807) is 6.07 Å². The highest BCUT2D eigenvalue weighted by molar-refractivity contribution is 6.56. The molecule has 2 heterocycles. The van der Waals surface area contributed by atoms with Crippen molar-refractivity contribution in [3.63, 3.8) is 0 Å². The second-order valence-corrected chi connectivity index (χ2v) is 9.16. The maximum absolute atomic E-state index is 12.1. The van der Waals surface area contributed by atoms with Crippen molar-refractivity contribution in [2.75, 3.05) is 12.3 Å². The first kappa shape index (κ1) is 22.2. The number of nitrogens with two attached hydrogens (primary N) is 1. The molecule has 1 saturated heterocycles. The van der Waals surface area contributed by atoms with Gasteiger partial charge in [-0.15, -0.1) is 0 Å². The van der Waals surface area contributed by atoms with Crippen molar-refractivity contribution < 1.29 is 18.8 Å². The number of hydrogen-bond acceptors (Lipinski definition) is 6. The van der Waals surface area contributed by atoms with Crippen LogP contribution >= 0.6 is 0 Å².